The van der Waals surface area contributed by atoms with Crippen LogP contribution in [0.25, 0.3) is 11.4 Å². The number of pyridine rings is 1. The lowest BCUT2D eigenvalue weighted by molar-refractivity contribution is 0.0771. The Morgan fingerprint density at radius 3 is 2.55 bits per heavy atom. The first-order chi connectivity index (χ1) is 9.84. The molecule has 0 bridgehead atoms. The van der Waals surface area contributed by atoms with Crippen LogP contribution in [0, 0.1) is 0 Å². The van der Waals surface area contributed by atoms with Gasteiger partial charge in [0.15, 0.2) is 5.82 Å². The average Bonchev–Trinajstić information content (AvgIpc) is 2.56. The molecule has 1 fully saturated rings. The maximum atomic E-state index is 12.3. The van der Waals surface area contributed by atoms with Crippen LogP contribution in [0.15, 0.2) is 36.9 Å². The topological polar surface area (TPSA) is 59.0 Å². The summed E-state index contributed by atoms with van der Waals surface area (Å²) in [6, 6.07) is 3.73. The number of hydrogen-bond donors (Lipinski definition) is 0. The van der Waals surface area contributed by atoms with Crippen LogP contribution in [0.3, 0.4) is 0 Å². The van der Waals surface area contributed by atoms with Gasteiger partial charge < -0.3 is 4.90 Å². The number of rotatable bonds is 2. The van der Waals surface area contributed by atoms with Gasteiger partial charge in [0, 0.05) is 54.9 Å². The van der Waals surface area contributed by atoms with Crippen LogP contribution in [0.2, 0.25) is 0 Å². The minimum atomic E-state index is 0.0167. The normalized spacial score (nSPS) is 15.1. The zero-order valence-electron chi connectivity index (χ0n) is 10.9. The molecule has 5 nitrogen and oxygen atoms in total. The van der Waals surface area contributed by atoms with Gasteiger partial charge in [0.2, 0.25) is 0 Å². The zero-order valence-corrected chi connectivity index (χ0v) is 11.7. The van der Waals surface area contributed by atoms with Gasteiger partial charge in [-0.15, -0.1) is 0 Å². The third-order valence-electron chi connectivity index (χ3n) is 3.12. The Balaban J connectivity index is 1.77. The first-order valence-electron chi connectivity index (χ1n) is 6.44. The quantitative estimate of drug-likeness (QED) is 0.841. The fraction of sp³-hybridized carbons (Fsp3) is 0.286. The fourth-order valence-electron chi connectivity index (χ4n) is 2.03. The van der Waals surface area contributed by atoms with Crippen molar-refractivity contribution in [3.63, 3.8) is 0 Å². The second-order valence-corrected chi connectivity index (χ2v) is 5.67. The predicted octanol–water partition coefficient (Wildman–Crippen LogP) is 1.73. The molecule has 1 aliphatic heterocycles. The fourth-order valence-corrected chi connectivity index (χ4v) is 2.93. The molecule has 0 unspecified atom stereocenters. The van der Waals surface area contributed by atoms with E-state index in [1.54, 1.807) is 24.8 Å². The van der Waals surface area contributed by atoms with Crippen LogP contribution in [0.4, 0.5) is 0 Å². The number of carbonyl (C=O) groups excluding carboxylic acids is 1. The van der Waals surface area contributed by atoms with E-state index in [0.29, 0.717) is 11.4 Å². The van der Waals surface area contributed by atoms with E-state index in [2.05, 4.69) is 15.0 Å². The van der Waals surface area contributed by atoms with Crippen LogP contribution in [-0.4, -0.2) is 50.4 Å². The Morgan fingerprint density at radius 2 is 1.90 bits per heavy atom. The highest BCUT2D eigenvalue weighted by atomic mass is 32.2. The van der Waals surface area contributed by atoms with Crippen LogP contribution in [0.5, 0.6) is 0 Å². The summed E-state index contributed by atoms with van der Waals surface area (Å²) in [6.45, 7) is 1.60. The summed E-state index contributed by atoms with van der Waals surface area (Å²) in [5.41, 5.74) is 1.39. The Labute approximate surface area is 121 Å². The Kier molecular flexibility index (Phi) is 3.92. The molecular weight excluding hydrogens is 272 g/mol. The van der Waals surface area contributed by atoms with E-state index in [-0.39, 0.29) is 5.91 Å². The number of amides is 1. The molecular formula is C14H14N4OS. The Bertz CT molecular complexity index is 582. The van der Waals surface area contributed by atoms with Crippen LogP contribution in [0.1, 0.15) is 10.4 Å². The molecule has 0 atom stereocenters. The molecule has 20 heavy (non-hydrogen) atoms. The van der Waals surface area contributed by atoms with Crippen molar-refractivity contribution in [3.05, 3.63) is 42.5 Å². The summed E-state index contributed by atoms with van der Waals surface area (Å²) in [5, 5.41) is 0. The molecule has 6 heteroatoms. The van der Waals surface area contributed by atoms with Gasteiger partial charge in [-0.05, 0) is 12.1 Å². The lowest BCUT2D eigenvalue weighted by Gasteiger charge is -2.26. The van der Waals surface area contributed by atoms with Crippen molar-refractivity contribution in [1.82, 2.24) is 19.9 Å². The third kappa shape index (κ3) is 2.80. The van der Waals surface area contributed by atoms with Gasteiger partial charge in [-0.2, -0.15) is 11.8 Å². The first kappa shape index (κ1) is 13.1. The predicted molar refractivity (Wildman–Crippen MR) is 78.5 cm³/mol. The summed E-state index contributed by atoms with van der Waals surface area (Å²) in [6.07, 6.45) is 6.60. The van der Waals surface area contributed by atoms with Gasteiger partial charge in [0.1, 0.15) is 0 Å². The Hall–Kier alpha value is -1.95. The van der Waals surface area contributed by atoms with Gasteiger partial charge >= 0.3 is 0 Å². The maximum absolute atomic E-state index is 12.3. The largest absolute Gasteiger partial charge is 0.337 e. The SMILES string of the molecule is O=C(c1cnc(-c2cccnc2)nc1)N1CCSCC1. The summed E-state index contributed by atoms with van der Waals surface area (Å²) >= 11 is 1.88. The van der Waals surface area contributed by atoms with E-state index in [0.717, 1.165) is 30.2 Å². The smallest absolute Gasteiger partial charge is 0.257 e. The minimum Gasteiger partial charge on any atom is -0.337 e. The molecule has 0 saturated carbocycles. The maximum Gasteiger partial charge on any atom is 0.257 e. The molecule has 3 heterocycles. The monoisotopic (exact) mass is 286 g/mol. The summed E-state index contributed by atoms with van der Waals surface area (Å²) in [5.74, 6) is 2.60. The van der Waals surface area contributed by atoms with Crippen molar-refractivity contribution in [2.24, 2.45) is 0 Å². The molecule has 3 rings (SSSR count). The van der Waals surface area contributed by atoms with Crippen LogP contribution >= 0.6 is 11.8 Å². The van der Waals surface area contributed by atoms with Crippen molar-refractivity contribution in [2.45, 2.75) is 0 Å². The van der Waals surface area contributed by atoms with Crippen LogP contribution in [-0.2, 0) is 0 Å². The summed E-state index contributed by atoms with van der Waals surface area (Å²) in [7, 11) is 0. The van der Waals surface area contributed by atoms with E-state index in [1.807, 2.05) is 28.8 Å². The molecule has 1 amide bonds. The number of nitrogens with zero attached hydrogens (tertiary/aromatic N) is 4. The molecule has 0 N–H and O–H groups in total. The number of carbonyl (C=O) groups is 1. The molecule has 0 aliphatic carbocycles. The number of aromatic nitrogens is 3. The second kappa shape index (κ2) is 6.00. The van der Waals surface area contributed by atoms with E-state index in [1.165, 1.54) is 0 Å². The van der Waals surface area contributed by atoms with Crippen molar-refractivity contribution < 1.29 is 4.79 Å². The Morgan fingerprint density at radius 1 is 1.15 bits per heavy atom. The van der Waals surface area contributed by atoms with Crippen molar-refractivity contribution in [1.29, 1.82) is 0 Å². The minimum absolute atomic E-state index is 0.0167. The van der Waals surface area contributed by atoms with Crippen molar-refractivity contribution >= 4 is 17.7 Å². The van der Waals surface area contributed by atoms with E-state index in [4.69, 9.17) is 0 Å². The second-order valence-electron chi connectivity index (χ2n) is 4.44. The molecule has 2 aromatic rings. The molecule has 0 aromatic carbocycles. The summed E-state index contributed by atoms with van der Waals surface area (Å²) in [4.78, 5) is 26.7. The van der Waals surface area contributed by atoms with Gasteiger partial charge in [-0.25, -0.2) is 9.97 Å². The molecule has 0 radical (unpaired) electrons. The third-order valence-corrected chi connectivity index (χ3v) is 4.06. The molecule has 2 aromatic heterocycles. The van der Waals surface area contributed by atoms with Gasteiger partial charge in [0.25, 0.3) is 5.91 Å². The lowest BCUT2D eigenvalue weighted by atomic mass is 10.2. The van der Waals surface area contributed by atoms with E-state index < -0.39 is 0 Å². The molecule has 102 valence electrons. The number of hydrogen-bond acceptors (Lipinski definition) is 5. The standard InChI is InChI=1S/C14H14N4OS/c19-14(18-4-6-20-7-5-18)12-9-16-13(17-10-12)11-2-1-3-15-8-11/h1-3,8-10H,4-7H2. The molecule has 0 spiro atoms. The number of thioether (sulfide) groups is 1. The average molecular weight is 286 g/mol. The lowest BCUT2D eigenvalue weighted by Crippen LogP contribution is -2.38. The van der Waals surface area contributed by atoms with Gasteiger partial charge in [-0.3, -0.25) is 9.78 Å². The molecule has 1 saturated heterocycles. The highest BCUT2D eigenvalue weighted by molar-refractivity contribution is 7.99. The van der Waals surface area contributed by atoms with Crippen molar-refractivity contribution in [3.8, 4) is 11.4 Å². The first-order valence-corrected chi connectivity index (χ1v) is 7.59. The van der Waals surface area contributed by atoms with Crippen molar-refractivity contribution in [2.75, 3.05) is 24.6 Å². The van der Waals surface area contributed by atoms with Gasteiger partial charge in [-0.1, -0.05) is 0 Å². The van der Waals surface area contributed by atoms with Gasteiger partial charge in [0.05, 0.1) is 5.56 Å². The highest BCUT2D eigenvalue weighted by Gasteiger charge is 2.19. The van der Waals surface area contributed by atoms with E-state index >= 15 is 0 Å². The van der Waals surface area contributed by atoms with E-state index in [9.17, 15) is 4.79 Å². The van der Waals surface area contributed by atoms with Crippen LogP contribution < -0.4 is 0 Å². The summed E-state index contributed by atoms with van der Waals surface area (Å²) < 4.78 is 0. The molecule has 1 aliphatic rings. The highest BCUT2D eigenvalue weighted by Crippen LogP contribution is 2.15. The zero-order chi connectivity index (χ0) is 13.8.